The molecule has 2 fully saturated rings. The van der Waals surface area contributed by atoms with Crippen molar-refractivity contribution in [1.29, 1.82) is 0 Å². The SMILES string of the molecule is O=C1CCN(Cc2ccc(N3CCC(C4OC=CO4)CC3)cc2)C(=O)N1. The van der Waals surface area contributed by atoms with Crippen LogP contribution in [0, 0.1) is 5.92 Å². The Labute approximate surface area is 152 Å². The predicted molar refractivity (Wildman–Crippen MR) is 95.0 cm³/mol. The second-order valence-corrected chi connectivity index (χ2v) is 6.93. The van der Waals surface area contributed by atoms with Gasteiger partial charge in [-0.25, -0.2) is 4.79 Å². The third kappa shape index (κ3) is 3.61. The van der Waals surface area contributed by atoms with Crippen LogP contribution < -0.4 is 10.2 Å². The minimum Gasteiger partial charge on any atom is -0.459 e. The zero-order valence-corrected chi connectivity index (χ0v) is 14.6. The lowest BCUT2D eigenvalue weighted by molar-refractivity contribution is -0.121. The van der Waals surface area contributed by atoms with Crippen LogP contribution in [-0.2, 0) is 20.8 Å². The molecule has 0 saturated carbocycles. The highest BCUT2D eigenvalue weighted by atomic mass is 16.7. The lowest BCUT2D eigenvalue weighted by Crippen LogP contribution is -2.48. The molecule has 3 aliphatic rings. The van der Waals surface area contributed by atoms with Crippen LogP contribution in [0.25, 0.3) is 0 Å². The summed E-state index contributed by atoms with van der Waals surface area (Å²) in [4.78, 5) is 27.1. The minimum atomic E-state index is -0.307. The smallest absolute Gasteiger partial charge is 0.324 e. The fourth-order valence-corrected chi connectivity index (χ4v) is 3.69. The summed E-state index contributed by atoms with van der Waals surface area (Å²) in [5, 5.41) is 2.35. The molecule has 4 rings (SSSR count). The van der Waals surface area contributed by atoms with Gasteiger partial charge < -0.3 is 19.3 Å². The number of urea groups is 1. The number of anilines is 1. The lowest BCUT2D eigenvalue weighted by atomic mass is 9.95. The molecule has 0 spiro atoms. The van der Waals surface area contributed by atoms with Crippen LogP contribution in [0.5, 0.6) is 0 Å². The standard InChI is InChI=1S/C19H23N3O4/c23-17-7-10-22(19(24)20-17)13-14-1-3-16(4-2-14)21-8-5-15(6-9-21)18-25-11-12-26-18/h1-4,11-12,15,18H,5-10,13H2,(H,20,23,24). The molecule has 0 aliphatic carbocycles. The average Bonchev–Trinajstić information content (AvgIpc) is 3.20. The number of rotatable bonds is 4. The summed E-state index contributed by atoms with van der Waals surface area (Å²) < 4.78 is 10.9. The van der Waals surface area contributed by atoms with Crippen LogP contribution in [0.1, 0.15) is 24.8 Å². The largest absolute Gasteiger partial charge is 0.459 e. The Bertz CT molecular complexity index is 687. The molecule has 0 bridgehead atoms. The normalized spacial score (nSPS) is 21.5. The monoisotopic (exact) mass is 357 g/mol. The first-order valence-corrected chi connectivity index (χ1v) is 9.07. The van der Waals surface area contributed by atoms with Crippen molar-refractivity contribution in [2.45, 2.75) is 32.1 Å². The van der Waals surface area contributed by atoms with Crippen molar-refractivity contribution >= 4 is 17.6 Å². The number of imide groups is 1. The van der Waals surface area contributed by atoms with E-state index in [1.807, 2.05) is 0 Å². The second kappa shape index (κ2) is 7.27. The molecule has 0 unspecified atom stereocenters. The molecule has 2 saturated heterocycles. The van der Waals surface area contributed by atoms with Crippen molar-refractivity contribution in [3.63, 3.8) is 0 Å². The quantitative estimate of drug-likeness (QED) is 0.894. The average molecular weight is 357 g/mol. The van der Waals surface area contributed by atoms with Gasteiger partial charge in [0.1, 0.15) is 12.5 Å². The Morgan fingerprint density at radius 1 is 1.00 bits per heavy atom. The third-order valence-electron chi connectivity index (χ3n) is 5.22. The van der Waals surface area contributed by atoms with E-state index in [4.69, 9.17) is 9.47 Å². The Morgan fingerprint density at radius 2 is 1.69 bits per heavy atom. The Hall–Kier alpha value is -2.70. The molecule has 1 aromatic rings. The van der Waals surface area contributed by atoms with Crippen LogP contribution in [0.15, 0.2) is 36.8 Å². The molecule has 26 heavy (non-hydrogen) atoms. The lowest BCUT2D eigenvalue weighted by Gasteiger charge is -2.35. The molecule has 7 heteroatoms. The van der Waals surface area contributed by atoms with Gasteiger partial charge in [-0.15, -0.1) is 0 Å². The van der Waals surface area contributed by atoms with Crippen LogP contribution in [-0.4, -0.2) is 42.8 Å². The third-order valence-corrected chi connectivity index (χ3v) is 5.22. The highest BCUT2D eigenvalue weighted by Crippen LogP contribution is 2.29. The summed E-state index contributed by atoms with van der Waals surface area (Å²) in [5.41, 5.74) is 2.25. The van der Waals surface area contributed by atoms with Gasteiger partial charge >= 0.3 is 6.03 Å². The molecule has 3 heterocycles. The Kier molecular flexibility index (Phi) is 4.69. The molecule has 3 amide bonds. The van der Waals surface area contributed by atoms with Crippen LogP contribution >= 0.6 is 0 Å². The summed E-state index contributed by atoms with van der Waals surface area (Å²) in [5.74, 6) is 0.232. The van der Waals surface area contributed by atoms with Gasteiger partial charge in [-0.1, -0.05) is 12.1 Å². The number of nitrogens with zero attached hydrogens (tertiary/aromatic N) is 2. The molecule has 0 aromatic heterocycles. The molecular formula is C19H23N3O4. The number of benzene rings is 1. The van der Waals surface area contributed by atoms with Gasteiger partial charge in [0.2, 0.25) is 12.2 Å². The number of nitrogens with one attached hydrogen (secondary N) is 1. The summed E-state index contributed by atoms with van der Waals surface area (Å²) in [6.45, 7) is 2.94. The van der Waals surface area contributed by atoms with E-state index in [9.17, 15) is 9.59 Å². The van der Waals surface area contributed by atoms with Gasteiger partial charge in [0.25, 0.3) is 0 Å². The predicted octanol–water partition coefficient (Wildman–Crippen LogP) is 2.19. The van der Waals surface area contributed by atoms with Crippen LogP contribution in [0.3, 0.4) is 0 Å². The maximum Gasteiger partial charge on any atom is 0.324 e. The van der Waals surface area contributed by atoms with Gasteiger partial charge in [-0.2, -0.15) is 0 Å². The number of piperidine rings is 1. The van der Waals surface area contributed by atoms with Crippen LogP contribution in [0.4, 0.5) is 10.5 Å². The van der Waals surface area contributed by atoms with E-state index in [-0.39, 0.29) is 18.2 Å². The maximum absolute atomic E-state index is 11.8. The van der Waals surface area contributed by atoms with Crippen LogP contribution in [0.2, 0.25) is 0 Å². The maximum atomic E-state index is 11.8. The van der Waals surface area contributed by atoms with E-state index in [1.165, 1.54) is 5.69 Å². The minimum absolute atomic E-state index is 0.123. The van der Waals surface area contributed by atoms with Gasteiger partial charge in [0.15, 0.2) is 0 Å². The Balaban J connectivity index is 1.30. The van der Waals surface area contributed by atoms with E-state index in [0.29, 0.717) is 25.4 Å². The van der Waals surface area contributed by atoms with Crippen molar-refractivity contribution in [3.05, 3.63) is 42.4 Å². The zero-order valence-electron chi connectivity index (χ0n) is 14.6. The topological polar surface area (TPSA) is 71.1 Å². The second-order valence-electron chi connectivity index (χ2n) is 6.93. The number of hydrogen-bond donors (Lipinski definition) is 1. The highest BCUT2D eigenvalue weighted by molar-refractivity contribution is 5.96. The number of carbonyl (C=O) groups is 2. The molecule has 3 aliphatic heterocycles. The van der Waals surface area contributed by atoms with E-state index in [2.05, 4.69) is 34.5 Å². The van der Waals surface area contributed by atoms with E-state index >= 15 is 0 Å². The van der Waals surface area contributed by atoms with Crippen molar-refractivity contribution in [3.8, 4) is 0 Å². The first kappa shape index (κ1) is 16.8. The molecule has 7 nitrogen and oxygen atoms in total. The molecule has 138 valence electrons. The molecule has 0 radical (unpaired) electrons. The van der Waals surface area contributed by atoms with Gasteiger partial charge in [0, 0.05) is 44.2 Å². The molecular weight excluding hydrogens is 334 g/mol. The first-order chi connectivity index (χ1) is 12.7. The molecule has 0 atom stereocenters. The number of carbonyl (C=O) groups excluding carboxylic acids is 2. The summed E-state index contributed by atoms with van der Waals surface area (Å²) in [6, 6.07) is 8.01. The summed E-state index contributed by atoms with van der Waals surface area (Å²) in [7, 11) is 0. The zero-order chi connectivity index (χ0) is 17.9. The number of amides is 3. The Morgan fingerprint density at radius 3 is 2.35 bits per heavy atom. The van der Waals surface area contributed by atoms with Crippen molar-refractivity contribution < 1.29 is 19.1 Å². The van der Waals surface area contributed by atoms with Crippen molar-refractivity contribution in [2.75, 3.05) is 24.5 Å². The summed E-state index contributed by atoms with van der Waals surface area (Å²) in [6.07, 6.45) is 5.55. The van der Waals surface area contributed by atoms with Crippen molar-refractivity contribution in [2.24, 2.45) is 5.92 Å². The van der Waals surface area contributed by atoms with E-state index < -0.39 is 0 Å². The van der Waals surface area contributed by atoms with Gasteiger partial charge in [-0.05, 0) is 30.5 Å². The van der Waals surface area contributed by atoms with Gasteiger partial charge in [0.05, 0.1) is 0 Å². The molecule has 1 N–H and O–H groups in total. The van der Waals surface area contributed by atoms with Crippen molar-refractivity contribution in [1.82, 2.24) is 10.2 Å². The fourth-order valence-electron chi connectivity index (χ4n) is 3.69. The number of hydrogen-bond acceptors (Lipinski definition) is 5. The molecule has 1 aromatic carbocycles. The number of ether oxygens (including phenoxy) is 2. The van der Waals surface area contributed by atoms with E-state index in [1.54, 1.807) is 17.4 Å². The summed E-state index contributed by atoms with van der Waals surface area (Å²) >= 11 is 0. The fraction of sp³-hybridized carbons (Fsp3) is 0.474. The highest BCUT2D eigenvalue weighted by Gasteiger charge is 2.30. The first-order valence-electron chi connectivity index (χ1n) is 9.07. The van der Waals surface area contributed by atoms with E-state index in [0.717, 1.165) is 31.5 Å². The van der Waals surface area contributed by atoms with Gasteiger partial charge in [-0.3, -0.25) is 10.1 Å².